The largest absolute Gasteiger partial charge is 0.333 e. The average molecular weight is 391 g/mol. The van der Waals surface area contributed by atoms with Gasteiger partial charge in [0.25, 0.3) is 5.91 Å². The topological polar surface area (TPSA) is 49.4 Å². The summed E-state index contributed by atoms with van der Waals surface area (Å²) >= 11 is 1.57. The molecule has 5 heteroatoms. The van der Waals surface area contributed by atoms with Gasteiger partial charge < -0.3 is 10.2 Å². The number of thiophene rings is 1. The van der Waals surface area contributed by atoms with Gasteiger partial charge in [-0.05, 0) is 60.2 Å². The molecule has 4 rings (SSSR count). The number of amides is 2. The van der Waals surface area contributed by atoms with E-state index in [-0.39, 0.29) is 17.9 Å². The monoisotopic (exact) mass is 390 g/mol. The van der Waals surface area contributed by atoms with Crippen LogP contribution in [0.1, 0.15) is 43.9 Å². The number of carbonyl (C=O) groups excluding carboxylic acids is 2. The number of carbonyl (C=O) groups is 2. The Bertz CT molecular complexity index is 1020. The van der Waals surface area contributed by atoms with Crippen molar-refractivity contribution in [3.8, 4) is 0 Å². The summed E-state index contributed by atoms with van der Waals surface area (Å²) in [5, 5.41) is 5.07. The molecule has 3 aromatic rings. The molecular weight excluding hydrogens is 368 g/mol. The predicted octanol–water partition coefficient (Wildman–Crippen LogP) is 4.91. The van der Waals surface area contributed by atoms with E-state index in [1.165, 1.54) is 0 Å². The molecule has 2 aromatic carbocycles. The SMILES string of the molecule is Cc1cc(C)cc(NC(=O)[C@H]2c3ccccc3C(=O)N(C)[C@H]2c2cccs2)c1. The van der Waals surface area contributed by atoms with E-state index in [0.717, 1.165) is 27.3 Å². The molecule has 0 saturated heterocycles. The Kier molecular flexibility index (Phi) is 4.77. The second kappa shape index (κ2) is 7.24. The molecule has 4 nitrogen and oxygen atoms in total. The third-order valence-electron chi connectivity index (χ3n) is 5.19. The second-order valence-electron chi connectivity index (χ2n) is 7.31. The van der Waals surface area contributed by atoms with E-state index in [9.17, 15) is 9.59 Å². The molecule has 1 N–H and O–H groups in total. The minimum Gasteiger partial charge on any atom is -0.333 e. The molecule has 0 aliphatic carbocycles. The Hall–Kier alpha value is -2.92. The van der Waals surface area contributed by atoms with E-state index < -0.39 is 5.92 Å². The van der Waals surface area contributed by atoms with Gasteiger partial charge in [0.2, 0.25) is 5.91 Å². The van der Waals surface area contributed by atoms with Crippen LogP contribution in [0.2, 0.25) is 0 Å². The number of rotatable bonds is 3. The molecule has 0 fully saturated rings. The van der Waals surface area contributed by atoms with Crippen LogP contribution in [0.3, 0.4) is 0 Å². The van der Waals surface area contributed by atoms with Gasteiger partial charge in [-0.2, -0.15) is 0 Å². The highest BCUT2D eigenvalue weighted by Crippen LogP contribution is 2.43. The summed E-state index contributed by atoms with van der Waals surface area (Å²) in [6.07, 6.45) is 0. The standard InChI is InChI=1S/C23H22N2O2S/c1-14-11-15(2)13-16(12-14)24-22(26)20-17-7-4-5-8-18(17)23(27)25(3)21(20)19-9-6-10-28-19/h4-13,20-21H,1-3H3,(H,24,26)/t20-,21-/m0/s1. The highest BCUT2D eigenvalue weighted by molar-refractivity contribution is 7.10. The third kappa shape index (κ3) is 3.22. The van der Waals surface area contributed by atoms with Crippen LogP contribution in [0.5, 0.6) is 0 Å². The van der Waals surface area contributed by atoms with Gasteiger partial charge in [0.15, 0.2) is 0 Å². The first-order valence-electron chi connectivity index (χ1n) is 9.24. The normalized spacial score (nSPS) is 18.7. The number of benzene rings is 2. The number of anilines is 1. The third-order valence-corrected chi connectivity index (χ3v) is 6.13. The lowest BCUT2D eigenvalue weighted by Gasteiger charge is -2.39. The molecule has 1 aliphatic heterocycles. The molecule has 2 atom stereocenters. The molecule has 142 valence electrons. The van der Waals surface area contributed by atoms with Crippen molar-refractivity contribution in [2.75, 3.05) is 12.4 Å². The molecule has 28 heavy (non-hydrogen) atoms. The molecule has 2 amide bonds. The summed E-state index contributed by atoms with van der Waals surface area (Å²) < 4.78 is 0. The maximum absolute atomic E-state index is 13.5. The van der Waals surface area contributed by atoms with Gasteiger partial charge in [-0.1, -0.05) is 30.3 Å². The van der Waals surface area contributed by atoms with Crippen LogP contribution in [-0.2, 0) is 4.79 Å². The van der Waals surface area contributed by atoms with Crippen molar-refractivity contribution in [1.29, 1.82) is 0 Å². The number of aryl methyl sites for hydroxylation is 2. The maximum atomic E-state index is 13.5. The van der Waals surface area contributed by atoms with E-state index in [4.69, 9.17) is 0 Å². The van der Waals surface area contributed by atoms with Crippen molar-refractivity contribution in [2.45, 2.75) is 25.8 Å². The lowest BCUT2D eigenvalue weighted by atomic mass is 9.81. The van der Waals surface area contributed by atoms with Gasteiger partial charge in [-0.15, -0.1) is 11.3 Å². The van der Waals surface area contributed by atoms with Crippen LogP contribution in [0, 0.1) is 13.8 Å². The minimum atomic E-state index is -0.474. The first kappa shape index (κ1) is 18.4. The van der Waals surface area contributed by atoms with Crippen molar-refractivity contribution in [3.05, 3.63) is 87.1 Å². The van der Waals surface area contributed by atoms with Crippen molar-refractivity contribution >= 4 is 28.8 Å². The molecule has 0 unspecified atom stereocenters. The minimum absolute atomic E-state index is 0.0514. The van der Waals surface area contributed by atoms with Gasteiger partial charge >= 0.3 is 0 Å². The average Bonchev–Trinajstić information content (AvgIpc) is 3.17. The van der Waals surface area contributed by atoms with Crippen LogP contribution in [0.15, 0.2) is 60.0 Å². The lowest BCUT2D eigenvalue weighted by Crippen LogP contribution is -2.43. The van der Waals surface area contributed by atoms with Crippen LogP contribution < -0.4 is 5.32 Å². The number of fused-ring (bicyclic) bond motifs is 1. The van der Waals surface area contributed by atoms with E-state index in [1.54, 1.807) is 29.4 Å². The zero-order valence-electron chi connectivity index (χ0n) is 16.1. The Balaban J connectivity index is 1.79. The summed E-state index contributed by atoms with van der Waals surface area (Å²) in [7, 11) is 1.78. The van der Waals surface area contributed by atoms with Crippen molar-refractivity contribution in [3.63, 3.8) is 0 Å². The number of nitrogens with one attached hydrogen (secondary N) is 1. The van der Waals surface area contributed by atoms with Crippen LogP contribution in [0.4, 0.5) is 5.69 Å². The molecule has 2 heterocycles. The van der Waals surface area contributed by atoms with Gasteiger partial charge in [0.05, 0.1) is 12.0 Å². The van der Waals surface area contributed by atoms with Crippen LogP contribution >= 0.6 is 11.3 Å². The zero-order valence-corrected chi connectivity index (χ0v) is 16.9. The number of nitrogens with zero attached hydrogens (tertiary/aromatic N) is 1. The molecule has 0 spiro atoms. The summed E-state index contributed by atoms with van der Waals surface area (Å²) in [6.45, 7) is 4.03. The Morgan fingerprint density at radius 3 is 2.43 bits per heavy atom. The number of hydrogen-bond donors (Lipinski definition) is 1. The molecule has 0 bridgehead atoms. The summed E-state index contributed by atoms with van der Waals surface area (Å²) in [5.74, 6) is -0.627. The first-order valence-corrected chi connectivity index (χ1v) is 10.1. The molecule has 0 radical (unpaired) electrons. The number of hydrogen-bond acceptors (Lipinski definition) is 3. The fraction of sp³-hybridized carbons (Fsp3) is 0.217. The fourth-order valence-corrected chi connectivity index (χ4v) is 4.94. The predicted molar refractivity (Wildman–Crippen MR) is 113 cm³/mol. The molecule has 1 aliphatic rings. The van der Waals surface area contributed by atoms with Crippen LogP contribution in [-0.4, -0.2) is 23.8 Å². The van der Waals surface area contributed by atoms with Crippen molar-refractivity contribution in [1.82, 2.24) is 4.90 Å². The van der Waals surface area contributed by atoms with Crippen LogP contribution in [0.25, 0.3) is 0 Å². The summed E-state index contributed by atoms with van der Waals surface area (Å²) in [5.41, 5.74) is 4.36. The smallest absolute Gasteiger partial charge is 0.254 e. The highest BCUT2D eigenvalue weighted by atomic mass is 32.1. The fourth-order valence-electron chi connectivity index (χ4n) is 4.04. The molecular formula is C23H22N2O2S. The Morgan fingerprint density at radius 2 is 1.75 bits per heavy atom. The summed E-state index contributed by atoms with van der Waals surface area (Å²) in [4.78, 5) is 29.1. The molecule has 0 saturated carbocycles. The van der Waals surface area contributed by atoms with Gasteiger partial charge in [0, 0.05) is 23.2 Å². The Morgan fingerprint density at radius 1 is 1.04 bits per heavy atom. The van der Waals surface area contributed by atoms with Gasteiger partial charge in [0.1, 0.15) is 0 Å². The molecule has 1 aromatic heterocycles. The second-order valence-corrected chi connectivity index (χ2v) is 8.29. The maximum Gasteiger partial charge on any atom is 0.254 e. The van der Waals surface area contributed by atoms with E-state index in [0.29, 0.717) is 5.56 Å². The van der Waals surface area contributed by atoms with Gasteiger partial charge in [-0.3, -0.25) is 9.59 Å². The number of likely N-dealkylation sites (N-methyl/N-ethyl adjacent to an activating group) is 1. The van der Waals surface area contributed by atoms with Crippen molar-refractivity contribution in [2.24, 2.45) is 0 Å². The quantitative estimate of drug-likeness (QED) is 0.690. The lowest BCUT2D eigenvalue weighted by molar-refractivity contribution is -0.119. The van der Waals surface area contributed by atoms with Gasteiger partial charge in [-0.25, -0.2) is 0 Å². The van der Waals surface area contributed by atoms with E-state index in [1.807, 2.05) is 61.7 Å². The highest BCUT2D eigenvalue weighted by Gasteiger charge is 2.43. The van der Waals surface area contributed by atoms with E-state index in [2.05, 4.69) is 11.4 Å². The first-order chi connectivity index (χ1) is 13.5. The van der Waals surface area contributed by atoms with E-state index >= 15 is 0 Å². The summed E-state index contributed by atoms with van der Waals surface area (Å²) in [6, 6.07) is 17.1. The van der Waals surface area contributed by atoms with Crippen molar-refractivity contribution < 1.29 is 9.59 Å². The zero-order chi connectivity index (χ0) is 19.8. The Labute approximate surface area is 168 Å².